The third-order valence-electron chi connectivity index (χ3n) is 3.73. The Morgan fingerprint density at radius 3 is 1.62 bits per heavy atom. The fourth-order valence-electron chi connectivity index (χ4n) is 2.12. The van der Waals surface area contributed by atoms with Gasteiger partial charge in [0, 0.05) is 19.3 Å². The Hall–Kier alpha value is -1.15. The Morgan fingerprint density at radius 1 is 0.846 bits per heavy atom. The molecule has 0 radical (unpaired) electrons. The van der Waals surface area contributed by atoms with Crippen molar-refractivity contribution in [3.8, 4) is 0 Å². The average Bonchev–Trinajstić information content (AvgIpc) is 2.58. The van der Waals surface area contributed by atoms with E-state index in [1.54, 1.807) is 13.8 Å². The predicted molar refractivity (Wildman–Crippen MR) is 101 cm³/mol. The average molecular weight is 397 g/mol. The number of carboxylic acids is 1. The molecule has 2 N–H and O–H groups in total. The largest absolute Gasteiger partial charge is 0.481 e. The first-order valence-electron chi connectivity index (χ1n) is 9.56. The van der Waals surface area contributed by atoms with Crippen LogP contribution in [0, 0.1) is 0 Å². The molecule has 1 atom stereocenters. The van der Waals surface area contributed by atoms with E-state index < -0.39 is 27.5 Å². The van der Waals surface area contributed by atoms with Crippen molar-refractivity contribution in [3.05, 3.63) is 0 Å². The summed E-state index contributed by atoms with van der Waals surface area (Å²) in [5.41, 5.74) is -1.41. The lowest BCUT2D eigenvalue weighted by Gasteiger charge is -2.14. The number of carbonyl (C=O) groups is 2. The molecule has 0 aliphatic carbocycles. The number of aliphatic carboxylic acids is 1. The summed E-state index contributed by atoms with van der Waals surface area (Å²) in [6, 6.07) is 0. The van der Waals surface area contributed by atoms with Gasteiger partial charge in [0.25, 0.3) is 0 Å². The zero-order valence-corrected chi connectivity index (χ0v) is 17.2. The molecule has 8 heteroatoms. The third-order valence-corrected chi connectivity index (χ3v) is 4.73. The highest BCUT2D eigenvalue weighted by molar-refractivity contribution is 7.86. The smallest absolute Gasteiger partial charge is 0.306 e. The van der Waals surface area contributed by atoms with Crippen molar-refractivity contribution in [2.75, 3.05) is 0 Å². The molecule has 0 amide bonds. The van der Waals surface area contributed by atoms with Crippen molar-refractivity contribution in [3.63, 3.8) is 0 Å². The van der Waals surface area contributed by atoms with E-state index in [0.29, 0.717) is 6.42 Å². The second kappa shape index (κ2) is 17.3. The van der Waals surface area contributed by atoms with Gasteiger partial charge in [0.2, 0.25) is 5.44 Å². The van der Waals surface area contributed by atoms with Gasteiger partial charge in [-0.05, 0) is 6.42 Å². The lowest BCUT2D eigenvalue weighted by Crippen LogP contribution is -2.26. The Kier molecular flexibility index (Phi) is 18.0. The maximum Gasteiger partial charge on any atom is 0.306 e. The fraction of sp³-hybridized carbons (Fsp3) is 0.889. The number of carboxylic acid groups (broad SMARTS) is 1. The minimum Gasteiger partial charge on any atom is -0.481 e. The molecule has 0 aromatic heterocycles. The number of rotatable bonds is 14. The van der Waals surface area contributed by atoms with Crippen LogP contribution in [0.5, 0.6) is 0 Å². The summed E-state index contributed by atoms with van der Waals surface area (Å²) >= 11 is 0. The molecule has 0 rings (SSSR count). The van der Waals surface area contributed by atoms with E-state index >= 15 is 0 Å². The van der Waals surface area contributed by atoms with Crippen LogP contribution in [0.25, 0.3) is 0 Å². The first-order valence-corrected chi connectivity index (χ1v) is 11.1. The molecule has 0 aromatic carbocycles. The zero-order valence-electron chi connectivity index (χ0n) is 16.4. The molecule has 0 aliphatic heterocycles. The van der Waals surface area contributed by atoms with Crippen LogP contribution < -0.4 is 0 Å². The summed E-state index contributed by atoms with van der Waals surface area (Å²) in [5, 5.41) is 7.72. The molecular weight excluding hydrogens is 360 g/mol. The van der Waals surface area contributed by atoms with E-state index in [-0.39, 0.29) is 19.3 Å². The molecule has 7 nitrogen and oxygen atoms in total. The minimum absolute atomic E-state index is 0.101. The second-order valence-corrected chi connectivity index (χ2v) is 7.71. The van der Waals surface area contributed by atoms with Crippen LogP contribution in [0.15, 0.2) is 0 Å². The number of hydrogen-bond acceptors (Lipinski definition) is 5. The van der Waals surface area contributed by atoms with Crippen LogP contribution in [0.2, 0.25) is 0 Å². The van der Waals surface area contributed by atoms with Gasteiger partial charge in [-0.1, -0.05) is 72.1 Å². The van der Waals surface area contributed by atoms with E-state index in [1.807, 2.05) is 0 Å². The van der Waals surface area contributed by atoms with Crippen molar-refractivity contribution < 1.29 is 32.4 Å². The van der Waals surface area contributed by atoms with Crippen LogP contribution >= 0.6 is 0 Å². The first-order chi connectivity index (χ1) is 12.2. The summed E-state index contributed by atoms with van der Waals surface area (Å²) in [7, 11) is -4.32. The first kappa shape index (κ1) is 27.1. The van der Waals surface area contributed by atoms with E-state index in [0.717, 1.165) is 19.3 Å². The van der Waals surface area contributed by atoms with E-state index in [1.165, 1.54) is 32.1 Å². The van der Waals surface area contributed by atoms with Crippen LogP contribution in [-0.2, 0) is 24.4 Å². The van der Waals surface area contributed by atoms with Gasteiger partial charge in [0.15, 0.2) is 0 Å². The highest BCUT2D eigenvalue weighted by atomic mass is 32.2. The number of esters is 1. The standard InChI is InChI=1S/C15H30O5S.C3H6O2/c1-3-5-6-7-8-9-10-11-12-13-15(21(17,18)19)20-14(16)4-2;1-2-3(4)5/h15H,3-13H2,1-2H3,(H,17,18,19);2H2,1H3,(H,4,5). The molecular formula is C18H36O7S. The number of carbonyl (C=O) groups excluding carboxylic acids is 1. The predicted octanol–water partition coefficient (Wildman–Crippen LogP) is 4.56. The lowest BCUT2D eigenvalue weighted by molar-refractivity contribution is -0.145. The van der Waals surface area contributed by atoms with Crippen molar-refractivity contribution >= 4 is 22.1 Å². The van der Waals surface area contributed by atoms with Crippen LogP contribution in [0.4, 0.5) is 0 Å². The molecule has 1 unspecified atom stereocenters. The topological polar surface area (TPSA) is 118 Å². The maximum absolute atomic E-state index is 11.1. The van der Waals surface area contributed by atoms with Crippen molar-refractivity contribution in [2.45, 2.75) is 103 Å². The summed E-state index contributed by atoms with van der Waals surface area (Å²) in [4.78, 5) is 20.5. The lowest BCUT2D eigenvalue weighted by atomic mass is 10.1. The molecule has 156 valence electrons. The molecule has 0 heterocycles. The SMILES string of the molecule is CCC(=O)O.CCCCCCCCCCCC(OC(=O)CC)S(=O)(=O)O. The zero-order chi connectivity index (χ0) is 20.4. The molecule has 0 saturated carbocycles. The Morgan fingerprint density at radius 2 is 1.27 bits per heavy atom. The van der Waals surface area contributed by atoms with Crippen molar-refractivity contribution in [1.82, 2.24) is 0 Å². The molecule has 0 fully saturated rings. The van der Waals surface area contributed by atoms with Crippen LogP contribution in [-0.4, -0.2) is 35.5 Å². The van der Waals surface area contributed by atoms with Gasteiger partial charge in [-0.15, -0.1) is 0 Å². The third kappa shape index (κ3) is 19.2. The van der Waals surface area contributed by atoms with Gasteiger partial charge in [-0.2, -0.15) is 8.42 Å². The monoisotopic (exact) mass is 396 g/mol. The fourth-order valence-corrected chi connectivity index (χ4v) is 2.81. The molecule has 0 saturated heterocycles. The van der Waals surface area contributed by atoms with Crippen molar-refractivity contribution in [1.29, 1.82) is 0 Å². The summed E-state index contributed by atoms with van der Waals surface area (Å²) < 4.78 is 36.1. The summed E-state index contributed by atoms with van der Waals surface area (Å²) in [6.45, 7) is 5.38. The molecule has 26 heavy (non-hydrogen) atoms. The van der Waals surface area contributed by atoms with Crippen molar-refractivity contribution in [2.24, 2.45) is 0 Å². The van der Waals surface area contributed by atoms with Crippen LogP contribution in [0.3, 0.4) is 0 Å². The quantitative estimate of drug-likeness (QED) is 0.251. The van der Waals surface area contributed by atoms with Crippen LogP contribution in [0.1, 0.15) is 97.8 Å². The molecule has 0 aromatic rings. The van der Waals surface area contributed by atoms with Gasteiger partial charge in [-0.25, -0.2) is 0 Å². The summed E-state index contributed by atoms with van der Waals surface area (Å²) in [5.74, 6) is -1.35. The van der Waals surface area contributed by atoms with Gasteiger partial charge in [0.05, 0.1) is 0 Å². The van der Waals surface area contributed by atoms with Gasteiger partial charge in [0.1, 0.15) is 0 Å². The van der Waals surface area contributed by atoms with Gasteiger partial charge < -0.3 is 9.84 Å². The van der Waals surface area contributed by atoms with Gasteiger partial charge in [-0.3, -0.25) is 14.1 Å². The van der Waals surface area contributed by atoms with E-state index in [4.69, 9.17) is 14.4 Å². The highest BCUT2D eigenvalue weighted by Crippen LogP contribution is 2.15. The Bertz CT molecular complexity index is 460. The number of unbranched alkanes of at least 4 members (excludes halogenated alkanes) is 8. The maximum atomic E-state index is 11.1. The van der Waals surface area contributed by atoms with E-state index in [9.17, 15) is 18.0 Å². The Labute approximate surface area is 158 Å². The minimum atomic E-state index is -4.32. The number of ether oxygens (including phenoxy) is 1. The molecule has 0 spiro atoms. The van der Waals surface area contributed by atoms with Gasteiger partial charge >= 0.3 is 22.1 Å². The summed E-state index contributed by atoms with van der Waals surface area (Å²) in [6.07, 6.45) is 10.5. The second-order valence-electron chi connectivity index (χ2n) is 6.15. The molecule has 0 bridgehead atoms. The highest BCUT2D eigenvalue weighted by Gasteiger charge is 2.26. The number of hydrogen-bond donors (Lipinski definition) is 2. The Balaban J connectivity index is 0. The normalized spacial score (nSPS) is 12.0. The van der Waals surface area contributed by atoms with E-state index in [2.05, 4.69) is 6.92 Å². The molecule has 0 aliphatic rings.